The third kappa shape index (κ3) is 17.6. The molecule has 5 rings (SSSR count). The number of halogens is 4. The monoisotopic (exact) mass is 1250 g/mol. The zero-order valence-electron chi connectivity index (χ0n) is 52.9. The Bertz CT molecular complexity index is 2710. The van der Waals surface area contributed by atoms with Crippen molar-refractivity contribution in [2.75, 3.05) is 61.9 Å². The predicted molar refractivity (Wildman–Crippen MR) is 319 cm³/mol. The quantitative estimate of drug-likeness (QED) is 0.288. The molecule has 1 unspecified atom stereocenters. The van der Waals surface area contributed by atoms with Gasteiger partial charge in [-0.25, -0.2) is 0 Å². The molecule has 486 valence electrons. The molecule has 1 aromatic carbocycles. The molecule has 1 aromatic rings. The van der Waals surface area contributed by atoms with Crippen LogP contribution in [0.5, 0.6) is 0 Å². The van der Waals surface area contributed by atoms with Crippen LogP contribution in [0.1, 0.15) is 149 Å². The molecule has 1 spiro atoms. The second-order valence-electron chi connectivity index (χ2n) is 25.2. The van der Waals surface area contributed by atoms with Crippen LogP contribution in [0.15, 0.2) is 18.2 Å². The van der Waals surface area contributed by atoms with Crippen LogP contribution in [-0.2, 0) is 65.3 Å². The second-order valence-corrected chi connectivity index (χ2v) is 25.6. The first kappa shape index (κ1) is 71.2. The van der Waals surface area contributed by atoms with Gasteiger partial charge in [-0.05, 0) is 114 Å². The number of hydrogen-bond acceptors (Lipinski definition) is 11. The van der Waals surface area contributed by atoms with Crippen molar-refractivity contribution in [1.82, 2.24) is 55.6 Å². The lowest BCUT2D eigenvalue weighted by Gasteiger charge is -2.40. The molecule has 26 heteroatoms. The molecule has 87 heavy (non-hydrogen) atoms. The molecule has 0 aromatic heterocycles. The molecule has 4 N–H and O–H groups in total. The Balaban J connectivity index is 1.54. The van der Waals surface area contributed by atoms with Crippen LogP contribution in [0, 0.1) is 17.8 Å². The number of fused-ring (bicyclic) bond motifs is 1. The van der Waals surface area contributed by atoms with E-state index in [9.17, 15) is 56.3 Å². The SMILES string of the molecule is CCC(C)[C@@H]1NC(=O)[C@H](C)N(C)C(=O)C[C@@H](C)NC(=O)[C@H](C2CCCC2)N(C)C(=O)C2(CCCC2)NC(=O)[C@@H]2CCCN2C(=O)[C@H](CCc2ccc(C(F)(F)F)c(Cl)c2)NC(=O)[C@@H](C)N(C)C(=O)[C@H](CC(C)C)N(C)C(=O)CN(C)C(=O)CN(C)C1=O. The highest BCUT2D eigenvalue weighted by molar-refractivity contribution is 6.31. The maximum atomic E-state index is 15.1. The van der Waals surface area contributed by atoms with Crippen molar-refractivity contribution in [2.45, 2.75) is 205 Å². The van der Waals surface area contributed by atoms with Crippen LogP contribution in [-0.4, -0.2) is 215 Å². The summed E-state index contributed by atoms with van der Waals surface area (Å²) in [5, 5.41) is 10.9. The molecular weight excluding hydrogens is 1160 g/mol. The van der Waals surface area contributed by atoms with Crippen LogP contribution < -0.4 is 21.3 Å². The average molecular weight is 1250 g/mol. The van der Waals surface area contributed by atoms with E-state index in [0.29, 0.717) is 44.1 Å². The van der Waals surface area contributed by atoms with Gasteiger partial charge in [0.1, 0.15) is 47.8 Å². The van der Waals surface area contributed by atoms with E-state index in [1.54, 1.807) is 13.8 Å². The molecule has 9 atom stereocenters. The van der Waals surface area contributed by atoms with Crippen LogP contribution in [0.4, 0.5) is 13.2 Å². The molecule has 2 heterocycles. The summed E-state index contributed by atoms with van der Waals surface area (Å²) in [7, 11) is 8.43. The Hall–Kier alpha value is -6.53. The summed E-state index contributed by atoms with van der Waals surface area (Å²) in [5.41, 5.74) is -2.24. The summed E-state index contributed by atoms with van der Waals surface area (Å²) >= 11 is 6.10. The van der Waals surface area contributed by atoms with Gasteiger partial charge in [0.05, 0.1) is 23.7 Å². The fraction of sp³-hybridized carbons (Fsp3) is 0.721. The smallest absolute Gasteiger partial charge is 0.351 e. The lowest BCUT2D eigenvalue weighted by atomic mass is 9.90. The van der Waals surface area contributed by atoms with Gasteiger partial charge in [-0.2, -0.15) is 13.2 Å². The van der Waals surface area contributed by atoms with Crippen molar-refractivity contribution in [1.29, 1.82) is 0 Å². The maximum Gasteiger partial charge on any atom is 0.417 e. The molecule has 2 saturated heterocycles. The molecule has 2 aliphatic carbocycles. The van der Waals surface area contributed by atoms with Crippen LogP contribution in [0.3, 0.4) is 0 Å². The zero-order chi connectivity index (χ0) is 65.2. The number of likely N-dealkylation sites (N-methyl/N-ethyl adjacent to an activating group) is 6. The maximum absolute atomic E-state index is 15.1. The van der Waals surface area contributed by atoms with Crippen molar-refractivity contribution < 1.29 is 65.9 Å². The second kappa shape index (κ2) is 30.6. The van der Waals surface area contributed by atoms with Gasteiger partial charge in [-0.3, -0.25) is 52.7 Å². The first-order chi connectivity index (χ1) is 40.6. The Morgan fingerprint density at radius 1 is 0.655 bits per heavy atom. The van der Waals surface area contributed by atoms with E-state index in [0.717, 1.165) is 39.7 Å². The highest BCUT2D eigenvalue weighted by Gasteiger charge is 2.50. The zero-order valence-corrected chi connectivity index (χ0v) is 53.7. The Morgan fingerprint density at radius 3 is 1.84 bits per heavy atom. The molecule has 11 amide bonds. The van der Waals surface area contributed by atoms with E-state index >= 15 is 9.59 Å². The number of alkyl halides is 3. The number of rotatable bonds is 8. The number of hydrogen-bond donors (Lipinski definition) is 4. The van der Waals surface area contributed by atoms with Crippen LogP contribution in [0.2, 0.25) is 5.02 Å². The molecule has 22 nitrogen and oxygen atoms in total. The van der Waals surface area contributed by atoms with Gasteiger partial charge in [0.25, 0.3) is 0 Å². The molecule has 4 fully saturated rings. The predicted octanol–water partition coefficient (Wildman–Crippen LogP) is 4.14. The minimum absolute atomic E-state index is 0.0578. The summed E-state index contributed by atoms with van der Waals surface area (Å²) in [6.07, 6.45) is 0.280. The lowest BCUT2D eigenvalue weighted by molar-refractivity contribution is -0.150. The fourth-order valence-corrected chi connectivity index (χ4v) is 12.6. The summed E-state index contributed by atoms with van der Waals surface area (Å²) in [6.45, 7) is 10.8. The molecule has 2 saturated carbocycles. The highest BCUT2D eigenvalue weighted by atomic mass is 35.5. The van der Waals surface area contributed by atoms with E-state index in [4.69, 9.17) is 11.6 Å². The van der Waals surface area contributed by atoms with Gasteiger partial charge in [0.15, 0.2) is 0 Å². The number of amides is 11. The number of carbonyl (C=O) groups is 11. The molecule has 0 bridgehead atoms. The number of benzene rings is 1. The first-order valence-electron chi connectivity index (χ1n) is 30.6. The largest absolute Gasteiger partial charge is 0.417 e. The van der Waals surface area contributed by atoms with E-state index < -0.39 is 155 Å². The first-order valence-corrected chi connectivity index (χ1v) is 31.0. The van der Waals surface area contributed by atoms with Gasteiger partial charge < -0.3 is 55.6 Å². The Labute approximate surface area is 515 Å². The Morgan fingerprint density at radius 2 is 1.25 bits per heavy atom. The minimum atomic E-state index is -4.75. The van der Waals surface area contributed by atoms with E-state index in [2.05, 4.69) is 21.3 Å². The van der Waals surface area contributed by atoms with Crippen molar-refractivity contribution >= 4 is 76.6 Å². The van der Waals surface area contributed by atoms with Crippen LogP contribution in [0.25, 0.3) is 0 Å². The van der Waals surface area contributed by atoms with Crippen molar-refractivity contribution in [3.05, 3.63) is 34.3 Å². The number of carbonyl (C=O) groups excluding carboxylic acids is 11. The summed E-state index contributed by atoms with van der Waals surface area (Å²) in [5.74, 6) is -7.77. The van der Waals surface area contributed by atoms with Gasteiger partial charge in [-0.15, -0.1) is 0 Å². The van der Waals surface area contributed by atoms with Crippen molar-refractivity contribution in [3.8, 4) is 0 Å². The van der Waals surface area contributed by atoms with E-state index in [-0.39, 0.29) is 63.3 Å². The van der Waals surface area contributed by atoms with Gasteiger partial charge in [0, 0.05) is 61.3 Å². The van der Waals surface area contributed by atoms with Crippen LogP contribution >= 0.6 is 11.6 Å². The fourth-order valence-electron chi connectivity index (χ4n) is 12.3. The topological polar surface area (TPSA) is 259 Å². The molecule has 0 radical (unpaired) electrons. The molecule has 2 aliphatic heterocycles. The summed E-state index contributed by atoms with van der Waals surface area (Å²) in [4.78, 5) is 167. The van der Waals surface area contributed by atoms with Gasteiger partial charge in [-0.1, -0.05) is 77.5 Å². The number of nitrogens with one attached hydrogen (secondary N) is 4. The van der Waals surface area contributed by atoms with Gasteiger partial charge in [0.2, 0.25) is 65.0 Å². The minimum Gasteiger partial charge on any atom is -0.351 e. The third-order valence-corrected chi connectivity index (χ3v) is 18.6. The molecule has 4 aliphatic rings. The van der Waals surface area contributed by atoms with E-state index in [1.165, 1.54) is 81.8 Å². The Kier molecular flexibility index (Phi) is 25.0. The van der Waals surface area contributed by atoms with Gasteiger partial charge >= 0.3 is 6.18 Å². The number of aryl methyl sites for hydroxylation is 1. The summed E-state index contributed by atoms with van der Waals surface area (Å²) < 4.78 is 41.2. The lowest BCUT2D eigenvalue weighted by Crippen LogP contribution is -2.64. The normalized spacial score (nSPS) is 27.5. The number of nitrogens with zero attached hydrogens (tertiary/aromatic N) is 7. The summed E-state index contributed by atoms with van der Waals surface area (Å²) in [6, 6.07) is -5.89. The standard InChI is InChI=1S/C61H93ClF3N11O11/c1-14-36(4)50-58(86)71(9)33-48(78)70(8)34-49(79)74(12)46(30-35(2)3)57(85)73(11)39(7)52(80)67-44(26-24-40-23-25-42(43(62)32-40)61(63,64)65)56(84)76-29-19-22-45(76)54(82)69-60(27-17-18-28-60)59(87)75(13)51(41-20-15-16-21-41)55(83)66-37(5)31-47(77)72(10)38(6)53(81)68-50/h23,25,32,35-39,41,44-46,50-51H,14-22,24,26-31,33-34H2,1-13H3,(H,66,83)(H,67,80)(H,68,81)(H,69,82)/t36?,37-,38+,39-,44+,45+,46+,50+,51+/m1/s1. The highest BCUT2D eigenvalue weighted by Crippen LogP contribution is 2.38. The molecular formula is C61H93ClF3N11O11. The average Bonchev–Trinajstić information content (AvgIpc) is 2.11. The van der Waals surface area contributed by atoms with E-state index in [1.807, 2.05) is 20.8 Å². The third-order valence-electron chi connectivity index (χ3n) is 18.3. The van der Waals surface area contributed by atoms with Crippen molar-refractivity contribution in [2.24, 2.45) is 17.8 Å². The van der Waals surface area contributed by atoms with Crippen molar-refractivity contribution in [3.63, 3.8) is 0 Å².